The molecule has 2 aromatic heterocycles. The molecule has 0 saturated heterocycles. The molecule has 0 bridgehead atoms. The van der Waals surface area contributed by atoms with Crippen molar-refractivity contribution in [1.82, 2.24) is 9.97 Å². The van der Waals surface area contributed by atoms with Crippen LogP contribution < -0.4 is 9.47 Å². The number of aromatic nitrogens is 2. The predicted molar refractivity (Wildman–Crippen MR) is 174 cm³/mol. The van der Waals surface area contributed by atoms with Gasteiger partial charge in [0.1, 0.15) is 5.76 Å². The van der Waals surface area contributed by atoms with Gasteiger partial charge in [-0.1, -0.05) is 49.9 Å². The van der Waals surface area contributed by atoms with Gasteiger partial charge in [-0.2, -0.15) is 0 Å². The number of allylic oxidation sites excluding steroid dienone is 3. The first kappa shape index (κ1) is 32.4. The molecule has 4 rings (SSSR count). The molecule has 2 heterocycles. The van der Waals surface area contributed by atoms with E-state index < -0.39 is 13.3 Å². The summed E-state index contributed by atoms with van der Waals surface area (Å²) in [7, 11) is -3.12. The van der Waals surface area contributed by atoms with Crippen LogP contribution in [0.1, 0.15) is 61.8 Å². The quantitative estimate of drug-likeness (QED) is 0.0448. The summed E-state index contributed by atoms with van der Waals surface area (Å²) in [4.78, 5) is 22.2. The maximum atomic E-state index is 13.3. The molecule has 0 aliphatic rings. The molecule has 4 aromatic rings. The highest BCUT2D eigenvalue weighted by Gasteiger charge is 2.19. The van der Waals surface area contributed by atoms with Crippen LogP contribution in [-0.4, -0.2) is 36.4 Å². The van der Waals surface area contributed by atoms with E-state index in [2.05, 4.69) is 28.5 Å². The lowest BCUT2D eigenvalue weighted by molar-refractivity contribution is -0.110. The molecule has 44 heavy (non-hydrogen) atoms. The maximum absolute atomic E-state index is 13.3. The Hall–Kier alpha value is -4.53. The summed E-state index contributed by atoms with van der Waals surface area (Å²) in [6.07, 6.45) is 10.4. The first-order valence-corrected chi connectivity index (χ1v) is 14.9. The van der Waals surface area contributed by atoms with Gasteiger partial charge in [0, 0.05) is 28.0 Å². The lowest BCUT2D eigenvalue weighted by Gasteiger charge is -2.10. The van der Waals surface area contributed by atoms with E-state index in [1.807, 2.05) is 62.4 Å². The van der Waals surface area contributed by atoms with Gasteiger partial charge in [0.05, 0.1) is 24.2 Å². The molecule has 6 nitrogen and oxygen atoms in total. The second-order valence-electron chi connectivity index (χ2n) is 10.6. The number of benzene rings is 2. The van der Waals surface area contributed by atoms with Gasteiger partial charge < -0.3 is 14.1 Å². The first-order chi connectivity index (χ1) is 21.2. The summed E-state index contributed by atoms with van der Waals surface area (Å²) >= 11 is 0. The molecule has 0 fully saturated rings. The number of aryl methyl sites for hydroxylation is 2. The van der Waals surface area contributed by atoms with E-state index in [0.29, 0.717) is 36.1 Å². The monoisotopic (exact) mass is 598 g/mol. The normalized spacial score (nSPS) is 12.0. The van der Waals surface area contributed by atoms with Crippen LogP contribution >= 0.6 is 0 Å². The Kier molecular flexibility index (Phi) is 11.6. The standard InChI is InChI=1S/C35H37BF2N2O4/c1-5-7-17-42-34-26(21-28-19-24(3)9-15-32(28)39-34)11-13-30(41)23-31(44-36(37)38)14-12-27-22-29-20-25(4)10-16-33(29)40-35(27)43-18-8-6-2/h9-16,19-23H,5-8,17-18H2,1-4H3/b13-11+,14-12+,31-23-. The van der Waals surface area contributed by atoms with Crippen LogP contribution in [0, 0.1) is 13.8 Å². The van der Waals surface area contributed by atoms with E-state index in [0.717, 1.165) is 64.7 Å². The number of pyridine rings is 2. The van der Waals surface area contributed by atoms with Crippen molar-refractivity contribution in [1.29, 1.82) is 0 Å². The van der Waals surface area contributed by atoms with Crippen LogP contribution in [0.4, 0.5) is 8.63 Å². The van der Waals surface area contributed by atoms with Gasteiger partial charge in [-0.15, -0.1) is 0 Å². The Balaban J connectivity index is 1.63. The van der Waals surface area contributed by atoms with Crippen molar-refractivity contribution in [2.24, 2.45) is 0 Å². The third kappa shape index (κ3) is 9.24. The van der Waals surface area contributed by atoms with Crippen LogP contribution in [-0.2, 0) is 9.45 Å². The fraction of sp³-hybridized carbons (Fsp3) is 0.286. The summed E-state index contributed by atoms with van der Waals surface area (Å²) in [6, 6.07) is 15.5. The third-order valence-electron chi connectivity index (χ3n) is 6.76. The van der Waals surface area contributed by atoms with Gasteiger partial charge in [0.15, 0.2) is 5.78 Å². The van der Waals surface area contributed by atoms with Crippen molar-refractivity contribution in [3.63, 3.8) is 0 Å². The molecule has 0 aliphatic heterocycles. The highest BCUT2D eigenvalue weighted by atomic mass is 19.2. The van der Waals surface area contributed by atoms with Crippen molar-refractivity contribution in [3.8, 4) is 11.8 Å². The Morgan fingerprint density at radius 1 is 0.773 bits per heavy atom. The SMILES string of the molecule is CCCCOc1nc2ccc(C)cc2cc1/C=C/C(=O)/C=C(/C=C/c1cc2cc(C)ccc2nc1OCCCC)OB(F)F. The minimum Gasteiger partial charge on any atom is -0.505 e. The minimum absolute atomic E-state index is 0.301. The van der Waals surface area contributed by atoms with Gasteiger partial charge in [-0.25, -0.2) is 18.6 Å². The molecule has 9 heteroatoms. The molecule has 0 N–H and O–H groups in total. The summed E-state index contributed by atoms with van der Waals surface area (Å²) in [5, 5.41) is 1.78. The van der Waals surface area contributed by atoms with Gasteiger partial charge in [0.25, 0.3) is 0 Å². The fourth-order valence-corrected chi connectivity index (χ4v) is 4.44. The number of hydrogen-bond acceptors (Lipinski definition) is 6. The number of carbonyl (C=O) groups excluding carboxylic acids is 1. The van der Waals surface area contributed by atoms with Crippen molar-refractivity contribution in [2.75, 3.05) is 13.2 Å². The molecular formula is C35H37BF2N2O4. The van der Waals surface area contributed by atoms with Gasteiger partial charge in [0.2, 0.25) is 11.8 Å². The molecule has 0 atom stereocenters. The summed E-state index contributed by atoms with van der Waals surface area (Å²) in [5.74, 6) is -0.0595. The van der Waals surface area contributed by atoms with Gasteiger partial charge in [-0.05, 0) is 87.4 Å². The number of halogens is 2. The van der Waals surface area contributed by atoms with E-state index in [1.54, 1.807) is 12.2 Å². The predicted octanol–water partition coefficient (Wildman–Crippen LogP) is 8.88. The van der Waals surface area contributed by atoms with Crippen LogP contribution in [0.3, 0.4) is 0 Å². The zero-order valence-electron chi connectivity index (χ0n) is 25.6. The number of unbranched alkanes of at least 4 members (excludes halogenated alkanes) is 2. The number of carbonyl (C=O) groups is 1. The second kappa shape index (κ2) is 15.8. The smallest absolute Gasteiger partial charge is 0.505 e. The number of hydrogen-bond donors (Lipinski definition) is 0. The zero-order valence-corrected chi connectivity index (χ0v) is 25.6. The van der Waals surface area contributed by atoms with Crippen LogP contribution in [0.25, 0.3) is 34.0 Å². The highest BCUT2D eigenvalue weighted by Crippen LogP contribution is 2.27. The molecule has 228 valence electrons. The molecule has 0 spiro atoms. The summed E-state index contributed by atoms with van der Waals surface area (Å²) in [6.45, 7) is 9.04. The Morgan fingerprint density at radius 3 is 1.75 bits per heavy atom. The van der Waals surface area contributed by atoms with E-state index in [4.69, 9.17) is 9.47 Å². The molecule has 0 saturated carbocycles. The Bertz CT molecular complexity index is 1700. The Labute approximate surface area is 257 Å². The molecular weight excluding hydrogens is 561 g/mol. The molecule has 0 radical (unpaired) electrons. The largest absolute Gasteiger partial charge is 0.796 e. The number of ether oxygens (including phenoxy) is 2. The summed E-state index contributed by atoms with van der Waals surface area (Å²) < 4.78 is 43.2. The van der Waals surface area contributed by atoms with Crippen molar-refractivity contribution < 1.29 is 27.6 Å². The van der Waals surface area contributed by atoms with Crippen molar-refractivity contribution in [3.05, 3.63) is 94.8 Å². The third-order valence-corrected chi connectivity index (χ3v) is 6.76. The molecule has 0 unspecified atom stereocenters. The zero-order chi connectivity index (χ0) is 31.5. The maximum Gasteiger partial charge on any atom is 0.796 e. The van der Waals surface area contributed by atoms with Crippen LogP contribution in [0.15, 0.2) is 72.5 Å². The Morgan fingerprint density at radius 2 is 1.27 bits per heavy atom. The highest BCUT2D eigenvalue weighted by molar-refractivity contribution is 6.35. The van der Waals surface area contributed by atoms with Gasteiger partial charge >= 0.3 is 7.47 Å². The lowest BCUT2D eigenvalue weighted by atomic mass is 10.1. The molecule has 2 aromatic carbocycles. The topological polar surface area (TPSA) is 70.5 Å². The van der Waals surface area contributed by atoms with E-state index in [9.17, 15) is 13.4 Å². The second-order valence-corrected chi connectivity index (χ2v) is 10.6. The average Bonchev–Trinajstić information content (AvgIpc) is 2.98. The fourth-order valence-electron chi connectivity index (χ4n) is 4.44. The van der Waals surface area contributed by atoms with Crippen molar-refractivity contribution in [2.45, 2.75) is 53.4 Å². The van der Waals surface area contributed by atoms with Crippen LogP contribution in [0.5, 0.6) is 11.8 Å². The average molecular weight is 598 g/mol. The van der Waals surface area contributed by atoms with Crippen LogP contribution in [0.2, 0.25) is 0 Å². The minimum atomic E-state index is -3.12. The first-order valence-electron chi connectivity index (χ1n) is 14.9. The number of nitrogens with zero attached hydrogens (tertiary/aromatic N) is 2. The number of rotatable bonds is 15. The van der Waals surface area contributed by atoms with E-state index in [1.165, 1.54) is 12.2 Å². The lowest BCUT2D eigenvalue weighted by Crippen LogP contribution is -2.05. The summed E-state index contributed by atoms with van der Waals surface area (Å²) in [5.41, 5.74) is 4.86. The number of ketones is 1. The van der Waals surface area contributed by atoms with E-state index in [-0.39, 0.29) is 5.76 Å². The van der Waals surface area contributed by atoms with Gasteiger partial charge in [-0.3, -0.25) is 4.79 Å². The van der Waals surface area contributed by atoms with Crippen molar-refractivity contribution >= 4 is 47.2 Å². The number of fused-ring (bicyclic) bond motifs is 2. The van der Waals surface area contributed by atoms with E-state index >= 15 is 0 Å². The molecule has 0 aliphatic carbocycles. The molecule has 0 amide bonds.